The molecule has 4 rings (SSSR count). The van der Waals surface area contributed by atoms with Gasteiger partial charge in [-0.25, -0.2) is 14.2 Å². The van der Waals surface area contributed by atoms with Gasteiger partial charge in [-0.2, -0.15) is 4.39 Å². The minimum atomic E-state index is -0.818. The summed E-state index contributed by atoms with van der Waals surface area (Å²) in [7, 11) is 1.49. The van der Waals surface area contributed by atoms with Crippen molar-refractivity contribution in [3.8, 4) is 0 Å². The molecule has 2 fully saturated rings. The number of aliphatic hydroxyl groups excluding tert-OH is 1. The molecule has 2 aliphatic rings. The molecule has 0 bridgehead atoms. The highest BCUT2D eigenvalue weighted by Crippen LogP contribution is 2.29. The van der Waals surface area contributed by atoms with Crippen LogP contribution in [0.3, 0.4) is 0 Å². The first-order valence-electron chi connectivity index (χ1n) is 10.1. The third-order valence-corrected chi connectivity index (χ3v) is 5.96. The summed E-state index contributed by atoms with van der Waals surface area (Å²) in [6, 6.07) is 7.28. The summed E-state index contributed by atoms with van der Waals surface area (Å²) in [6.07, 6.45) is -0.184. The molecular formula is C21H21F2N5O4S. The maximum absolute atomic E-state index is 14.9. The van der Waals surface area contributed by atoms with Crippen molar-refractivity contribution < 1.29 is 28.2 Å². The van der Waals surface area contributed by atoms with Gasteiger partial charge in [0, 0.05) is 39.4 Å². The van der Waals surface area contributed by atoms with Gasteiger partial charge >= 0.3 is 6.09 Å². The van der Waals surface area contributed by atoms with E-state index in [1.165, 1.54) is 46.1 Å². The van der Waals surface area contributed by atoms with Crippen LogP contribution in [0.5, 0.6) is 0 Å². The Hall–Kier alpha value is -3.54. The van der Waals surface area contributed by atoms with Crippen LogP contribution in [0.4, 0.5) is 25.0 Å². The first kappa shape index (κ1) is 22.6. The van der Waals surface area contributed by atoms with Crippen molar-refractivity contribution in [1.29, 1.82) is 0 Å². The summed E-state index contributed by atoms with van der Waals surface area (Å²) in [5.41, 5.74) is 0.544. The van der Waals surface area contributed by atoms with Crippen LogP contribution in [0.25, 0.3) is 0 Å². The molecule has 0 aliphatic carbocycles. The molecule has 1 aromatic carbocycles. The second-order valence-corrected chi connectivity index (χ2v) is 7.96. The molecule has 0 spiro atoms. The van der Waals surface area contributed by atoms with E-state index in [1.54, 1.807) is 17.0 Å². The van der Waals surface area contributed by atoms with Crippen molar-refractivity contribution in [2.45, 2.75) is 6.23 Å². The number of nitrogens with zero attached hydrogens (tertiary/aromatic N) is 5. The number of benzene rings is 1. The molecule has 1 N–H and O–H groups in total. The smallest absolute Gasteiger partial charge is 0.416 e. The minimum Gasteiger partial charge on any atom is -0.486 e. The number of rotatable bonds is 4. The normalized spacial score (nSPS) is 18.3. The standard InChI is InChI=1S/C21H21F2N5O4S/c1-25(21(31)33)17-12-28(20(30)32-17)13-4-5-16(15(22)11-13)26-7-9-27(10-8-26)19(29)14-3-2-6-24-18(14)23/h2-6,11,17H,7-10,12H2,1H3,(H,31,33). The maximum Gasteiger partial charge on any atom is 0.416 e. The summed E-state index contributed by atoms with van der Waals surface area (Å²) in [4.78, 5) is 34.0. The predicted octanol–water partition coefficient (Wildman–Crippen LogP) is 2.38. The monoisotopic (exact) mass is 477 g/mol. The number of hydrogen-bond donors (Lipinski definition) is 1. The summed E-state index contributed by atoms with van der Waals surface area (Å²) < 4.78 is 33.9. The van der Waals surface area contributed by atoms with E-state index in [-0.39, 0.29) is 12.1 Å². The van der Waals surface area contributed by atoms with Crippen molar-refractivity contribution in [3.63, 3.8) is 0 Å². The molecule has 3 heterocycles. The van der Waals surface area contributed by atoms with E-state index in [0.717, 1.165) is 0 Å². The van der Waals surface area contributed by atoms with E-state index in [1.807, 2.05) is 0 Å². The lowest BCUT2D eigenvalue weighted by Gasteiger charge is -2.36. The molecule has 1 unspecified atom stereocenters. The molecular weight excluding hydrogens is 456 g/mol. The van der Waals surface area contributed by atoms with Crippen LogP contribution in [0.1, 0.15) is 10.4 Å². The van der Waals surface area contributed by atoms with Crippen molar-refractivity contribution in [2.24, 2.45) is 0 Å². The molecule has 2 saturated heterocycles. The van der Waals surface area contributed by atoms with E-state index in [2.05, 4.69) is 17.2 Å². The highest BCUT2D eigenvalue weighted by atomic mass is 32.1. The van der Waals surface area contributed by atoms with Gasteiger partial charge in [0.15, 0.2) is 6.23 Å². The molecule has 33 heavy (non-hydrogen) atoms. The van der Waals surface area contributed by atoms with Gasteiger partial charge in [-0.1, -0.05) is 0 Å². The fourth-order valence-corrected chi connectivity index (χ4v) is 3.89. The van der Waals surface area contributed by atoms with Gasteiger partial charge in [0.05, 0.1) is 23.5 Å². The number of carbonyl (C=O) groups excluding carboxylic acids is 2. The second kappa shape index (κ2) is 9.14. The molecule has 2 amide bonds. The minimum absolute atomic E-state index is 0.0699. The fraction of sp³-hybridized carbons (Fsp3) is 0.333. The Kier molecular flexibility index (Phi) is 6.27. The van der Waals surface area contributed by atoms with Gasteiger partial charge in [0.25, 0.3) is 11.1 Å². The van der Waals surface area contributed by atoms with Crippen LogP contribution >= 0.6 is 12.2 Å². The van der Waals surface area contributed by atoms with Crippen molar-refractivity contribution >= 4 is 40.8 Å². The quantitative estimate of drug-likeness (QED) is 0.531. The number of pyridine rings is 1. The number of carbonyl (C=O) groups is 2. The van der Waals surface area contributed by atoms with Crippen LogP contribution in [0.15, 0.2) is 36.5 Å². The van der Waals surface area contributed by atoms with E-state index < -0.39 is 35.2 Å². The zero-order chi connectivity index (χ0) is 23.7. The van der Waals surface area contributed by atoms with Crippen LogP contribution < -0.4 is 9.80 Å². The van der Waals surface area contributed by atoms with Crippen LogP contribution in [0.2, 0.25) is 0 Å². The number of amides is 2. The Morgan fingerprint density at radius 3 is 2.61 bits per heavy atom. The first-order chi connectivity index (χ1) is 15.8. The Labute approximate surface area is 193 Å². The number of thiocarbonyl (C=S) groups is 1. The zero-order valence-electron chi connectivity index (χ0n) is 17.6. The van der Waals surface area contributed by atoms with Crippen molar-refractivity contribution in [3.05, 3.63) is 53.9 Å². The summed E-state index contributed by atoms with van der Waals surface area (Å²) in [5.74, 6) is -1.81. The van der Waals surface area contributed by atoms with Crippen LogP contribution in [-0.4, -0.2) is 83.1 Å². The number of anilines is 2. The SMILES string of the molecule is CN(C(O)=S)C1CN(c2ccc(N3CCN(C(=O)c4cccnc4F)CC3)c(F)c2)C(=O)O1. The Balaban J connectivity index is 1.41. The number of likely N-dealkylation sites (N-methyl/N-ethyl adjacent to an activating group) is 1. The molecule has 1 aromatic heterocycles. The summed E-state index contributed by atoms with van der Waals surface area (Å²) in [6.45, 7) is 1.37. The van der Waals surface area contributed by atoms with Gasteiger partial charge in [0.2, 0.25) is 5.95 Å². The average molecular weight is 477 g/mol. The molecule has 2 aromatic rings. The molecule has 9 nitrogen and oxygen atoms in total. The third-order valence-electron chi connectivity index (χ3n) is 5.67. The van der Waals surface area contributed by atoms with E-state index in [4.69, 9.17) is 4.74 Å². The zero-order valence-corrected chi connectivity index (χ0v) is 18.5. The van der Waals surface area contributed by atoms with Gasteiger partial charge in [0.1, 0.15) is 5.82 Å². The molecule has 0 saturated carbocycles. The third kappa shape index (κ3) is 4.51. The number of aliphatic hydroxyl groups is 1. The van der Waals surface area contributed by atoms with Gasteiger partial charge in [-0.05, 0) is 42.5 Å². The molecule has 12 heteroatoms. The Morgan fingerprint density at radius 1 is 1.24 bits per heavy atom. The van der Waals surface area contributed by atoms with E-state index >= 15 is 0 Å². The summed E-state index contributed by atoms with van der Waals surface area (Å²) >= 11 is 4.68. The number of ether oxygens (including phenoxy) is 1. The van der Waals surface area contributed by atoms with Gasteiger partial charge in [-0.3, -0.25) is 14.6 Å². The lowest BCUT2D eigenvalue weighted by molar-refractivity contribution is 0.0707. The van der Waals surface area contributed by atoms with E-state index in [0.29, 0.717) is 37.6 Å². The predicted molar refractivity (Wildman–Crippen MR) is 119 cm³/mol. The number of piperazine rings is 1. The highest BCUT2D eigenvalue weighted by Gasteiger charge is 2.36. The lowest BCUT2D eigenvalue weighted by Crippen LogP contribution is -2.49. The maximum atomic E-state index is 14.9. The van der Waals surface area contributed by atoms with E-state index in [9.17, 15) is 23.5 Å². The van der Waals surface area contributed by atoms with Crippen molar-refractivity contribution in [1.82, 2.24) is 14.8 Å². The summed E-state index contributed by atoms with van der Waals surface area (Å²) in [5, 5.41) is 9.00. The lowest BCUT2D eigenvalue weighted by atomic mass is 10.2. The molecule has 0 radical (unpaired) electrons. The van der Waals surface area contributed by atoms with Gasteiger partial charge in [-0.15, -0.1) is 0 Å². The molecule has 2 aliphatic heterocycles. The molecule has 174 valence electrons. The Bertz CT molecular complexity index is 1100. The first-order valence-corrected chi connectivity index (χ1v) is 10.6. The number of halogens is 2. The average Bonchev–Trinajstić information content (AvgIpc) is 3.20. The topological polar surface area (TPSA) is 89.5 Å². The van der Waals surface area contributed by atoms with Gasteiger partial charge < -0.3 is 19.6 Å². The van der Waals surface area contributed by atoms with Crippen molar-refractivity contribution in [2.75, 3.05) is 49.6 Å². The number of hydrogen-bond acceptors (Lipinski definition) is 6. The molecule has 1 atom stereocenters. The Morgan fingerprint density at radius 2 is 1.97 bits per heavy atom. The van der Waals surface area contributed by atoms with Crippen LogP contribution in [0, 0.1) is 11.8 Å². The highest BCUT2D eigenvalue weighted by molar-refractivity contribution is 7.79. The largest absolute Gasteiger partial charge is 0.486 e. The number of cyclic esters (lactones) is 1. The second-order valence-electron chi connectivity index (χ2n) is 7.60. The van der Waals surface area contributed by atoms with Crippen LogP contribution in [-0.2, 0) is 4.74 Å². The fourth-order valence-electron chi connectivity index (χ4n) is 3.77. The number of aromatic nitrogens is 1.